The van der Waals surface area contributed by atoms with Gasteiger partial charge in [0.05, 0.1) is 18.1 Å². The van der Waals surface area contributed by atoms with Crippen molar-refractivity contribution in [3.8, 4) is 11.5 Å². The molecular weight excluding hydrogens is 462 g/mol. The molecule has 35 heavy (non-hydrogen) atoms. The lowest BCUT2D eigenvalue weighted by molar-refractivity contribution is 0.0227. The molecule has 0 saturated carbocycles. The normalized spacial score (nSPS) is 13.4. The van der Waals surface area contributed by atoms with Crippen LogP contribution in [0.2, 0.25) is 0 Å². The van der Waals surface area contributed by atoms with Gasteiger partial charge in [0, 0.05) is 23.3 Å². The van der Waals surface area contributed by atoms with Gasteiger partial charge in [-0.3, -0.25) is 4.98 Å². The Bertz CT molecular complexity index is 1380. The third-order valence-electron chi connectivity index (χ3n) is 5.59. The minimum absolute atomic E-state index is 0.283. The van der Waals surface area contributed by atoms with E-state index < -0.39 is 5.60 Å². The number of hydrogen-bond acceptors (Lipinski definition) is 8. The first-order valence-corrected chi connectivity index (χ1v) is 12.3. The molecule has 8 nitrogen and oxygen atoms in total. The highest BCUT2D eigenvalue weighted by molar-refractivity contribution is 7.19. The summed E-state index contributed by atoms with van der Waals surface area (Å²) in [4.78, 5) is 29.5. The summed E-state index contributed by atoms with van der Waals surface area (Å²) in [5, 5.41) is 4.48. The number of benzene rings is 1. The zero-order chi connectivity index (χ0) is 24.6. The van der Waals surface area contributed by atoms with Crippen LogP contribution in [-0.4, -0.2) is 38.1 Å². The number of rotatable bonds is 4. The fourth-order valence-corrected chi connectivity index (χ4v) is 5.22. The maximum absolute atomic E-state index is 12.6. The number of pyridine rings is 1. The Balaban J connectivity index is 1.38. The largest absolute Gasteiger partial charge is 0.455 e. The highest BCUT2D eigenvalue weighted by atomic mass is 32.1. The SMILES string of the molecule is Cc1cc(Nc2ncnc3sc4c(c23)CCN(C(=O)OC(C)(C)C)C4)ccc1Oc1cccnc1. The van der Waals surface area contributed by atoms with Gasteiger partial charge in [0.25, 0.3) is 0 Å². The van der Waals surface area contributed by atoms with Crippen molar-refractivity contribution in [1.82, 2.24) is 19.9 Å². The Morgan fingerprint density at radius 3 is 2.80 bits per heavy atom. The smallest absolute Gasteiger partial charge is 0.410 e. The van der Waals surface area contributed by atoms with Crippen LogP contribution >= 0.6 is 11.3 Å². The zero-order valence-corrected chi connectivity index (χ0v) is 21.0. The predicted octanol–water partition coefficient (Wildman–Crippen LogP) is 6.22. The first-order chi connectivity index (χ1) is 16.8. The molecule has 1 N–H and O–H groups in total. The number of nitrogens with one attached hydrogen (secondary N) is 1. The van der Waals surface area contributed by atoms with E-state index in [9.17, 15) is 4.79 Å². The van der Waals surface area contributed by atoms with Crippen molar-refractivity contribution < 1.29 is 14.3 Å². The quantitative estimate of drug-likeness (QED) is 0.364. The van der Waals surface area contributed by atoms with E-state index in [-0.39, 0.29) is 6.09 Å². The zero-order valence-electron chi connectivity index (χ0n) is 20.2. The predicted molar refractivity (Wildman–Crippen MR) is 137 cm³/mol. The molecule has 0 aliphatic carbocycles. The van der Waals surface area contributed by atoms with Crippen LogP contribution in [0.15, 0.2) is 49.1 Å². The molecule has 180 valence electrons. The summed E-state index contributed by atoms with van der Waals surface area (Å²) in [7, 11) is 0. The lowest BCUT2D eigenvalue weighted by Gasteiger charge is -2.30. The first-order valence-electron chi connectivity index (χ1n) is 11.5. The molecule has 0 unspecified atom stereocenters. The van der Waals surface area contributed by atoms with Gasteiger partial charge < -0.3 is 19.7 Å². The number of amides is 1. The standard InChI is InChI=1S/C26H27N5O3S/c1-16-12-17(7-8-20(16)33-18-6-5-10-27-13-18)30-23-22-19-9-11-31(25(32)34-26(2,3)4)14-21(19)35-24(22)29-15-28-23/h5-8,10,12-13,15H,9,11,14H2,1-4H3,(H,28,29,30). The van der Waals surface area contributed by atoms with Crippen LogP contribution in [-0.2, 0) is 17.7 Å². The van der Waals surface area contributed by atoms with Crippen LogP contribution in [0.3, 0.4) is 0 Å². The number of aromatic nitrogens is 3. The Labute approximate surface area is 208 Å². The van der Waals surface area contributed by atoms with E-state index in [2.05, 4.69) is 20.3 Å². The van der Waals surface area contributed by atoms with E-state index in [1.165, 1.54) is 5.56 Å². The molecule has 1 aromatic carbocycles. The van der Waals surface area contributed by atoms with E-state index in [1.54, 1.807) is 35.0 Å². The fraction of sp³-hybridized carbons (Fsp3) is 0.308. The maximum atomic E-state index is 12.6. The number of ether oxygens (including phenoxy) is 2. The van der Waals surface area contributed by atoms with Crippen molar-refractivity contribution in [2.75, 3.05) is 11.9 Å². The van der Waals surface area contributed by atoms with E-state index >= 15 is 0 Å². The van der Waals surface area contributed by atoms with Crippen molar-refractivity contribution in [1.29, 1.82) is 0 Å². The lowest BCUT2D eigenvalue weighted by atomic mass is 10.1. The monoisotopic (exact) mass is 489 g/mol. The molecule has 1 amide bonds. The summed E-state index contributed by atoms with van der Waals surface area (Å²) in [6, 6.07) is 9.65. The molecule has 0 radical (unpaired) electrons. The minimum atomic E-state index is -0.517. The van der Waals surface area contributed by atoms with Crippen molar-refractivity contribution in [2.24, 2.45) is 0 Å². The number of hydrogen-bond donors (Lipinski definition) is 1. The van der Waals surface area contributed by atoms with Crippen LogP contribution in [0.4, 0.5) is 16.3 Å². The third-order valence-corrected chi connectivity index (χ3v) is 6.71. The Morgan fingerprint density at radius 1 is 1.20 bits per heavy atom. The number of carbonyl (C=O) groups excluding carboxylic acids is 1. The molecule has 1 aliphatic heterocycles. The van der Waals surface area contributed by atoms with Gasteiger partial charge in [0.15, 0.2) is 0 Å². The Hall–Kier alpha value is -3.72. The van der Waals surface area contributed by atoms with Gasteiger partial charge in [-0.2, -0.15) is 0 Å². The van der Waals surface area contributed by atoms with Crippen molar-refractivity contribution in [3.05, 3.63) is 65.1 Å². The summed E-state index contributed by atoms with van der Waals surface area (Å²) in [5.74, 6) is 2.23. The molecule has 0 fully saturated rings. The molecule has 4 aromatic rings. The molecule has 0 atom stereocenters. The topological polar surface area (TPSA) is 89.5 Å². The summed E-state index contributed by atoms with van der Waals surface area (Å²) in [6.45, 7) is 8.77. The van der Waals surface area contributed by atoms with Gasteiger partial charge in [-0.1, -0.05) is 0 Å². The van der Waals surface area contributed by atoms with E-state index in [0.29, 0.717) is 18.8 Å². The van der Waals surface area contributed by atoms with Crippen molar-refractivity contribution in [2.45, 2.75) is 46.3 Å². The van der Waals surface area contributed by atoms with Crippen LogP contribution in [0.1, 0.15) is 36.8 Å². The van der Waals surface area contributed by atoms with Gasteiger partial charge >= 0.3 is 6.09 Å². The van der Waals surface area contributed by atoms with Crippen LogP contribution in [0, 0.1) is 6.92 Å². The van der Waals surface area contributed by atoms with E-state index in [1.807, 2.05) is 58.0 Å². The average Bonchev–Trinajstić information content (AvgIpc) is 3.19. The van der Waals surface area contributed by atoms with Gasteiger partial charge in [0.1, 0.15) is 34.1 Å². The molecule has 0 saturated heterocycles. The number of anilines is 2. The highest BCUT2D eigenvalue weighted by Crippen LogP contribution is 2.38. The van der Waals surface area contributed by atoms with Gasteiger partial charge in [-0.15, -0.1) is 11.3 Å². The Morgan fingerprint density at radius 2 is 2.06 bits per heavy atom. The number of nitrogens with zero attached hydrogens (tertiary/aromatic N) is 4. The second kappa shape index (κ2) is 9.14. The molecular formula is C26H27N5O3S. The second-order valence-corrected chi connectivity index (χ2v) is 10.5. The molecule has 0 bridgehead atoms. The Kier molecular flexibility index (Phi) is 6.02. The van der Waals surface area contributed by atoms with E-state index in [4.69, 9.17) is 9.47 Å². The molecule has 5 rings (SSSR count). The molecule has 9 heteroatoms. The number of carbonyl (C=O) groups is 1. The van der Waals surface area contributed by atoms with Crippen molar-refractivity contribution in [3.63, 3.8) is 0 Å². The summed E-state index contributed by atoms with van der Waals surface area (Å²) >= 11 is 1.60. The molecule has 0 spiro atoms. The molecule has 3 aromatic heterocycles. The van der Waals surface area contributed by atoms with Gasteiger partial charge in [0.2, 0.25) is 0 Å². The van der Waals surface area contributed by atoms with Crippen LogP contribution < -0.4 is 10.1 Å². The number of thiophene rings is 1. The third kappa shape index (κ3) is 5.05. The molecule has 4 heterocycles. The number of aryl methyl sites for hydroxylation is 1. The lowest BCUT2D eigenvalue weighted by Crippen LogP contribution is -2.39. The number of fused-ring (bicyclic) bond motifs is 3. The van der Waals surface area contributed by atoms with Crippen LogP contribution in [0.5, 0.6) is 11.5 Å². The average molecular weight is 490 g/mol. The maximum Gasteiger partial charge on any atom is 0.410 e. The summed E-state index contributed by atoms with van der Waals surface area (Å²) in [5.41, 5.74) is 2.58. The fourth-order valence-electron chi connectivity index (χ4n) is 4.02. The van der Waals surface area contributed by atoms with Crippen molar-refractivity contribution >= 4 is 39.2 Å². The highest BCUT2D eigenvalue weighted by Gasteiger charge is 2.29. The van der Waals surface area contributed by atoms with Gasteiger partial charge in [-0.05, 0) is 75.6 Å². The minimum Gasteiger partial charge on any atom is -0.455 e. The summed E-state index contributed by atoms with van der Waals surface area (Å²) in [6.07, 6.45) is 5.42. The molecule has 1 aliphatic rings. The van der Waals surface area contributed by atoms with E-state index in [0.717, 1.165) is 44.3 Å². The second-order valence-electron chi connectivity index (χ2n) is 9.45. The van der Waals surface area contributed by atoms with Crippen LogP contribution in [0.25, 0.3) is 10.2 Å². The van der Waals surface area contributed by atoms with Gasteiger partial charge in [-0.25, -0.2) is 14.8 Å². The summed E-state index contributed by atoms with van der Waals surface area (Å²) < 4.78 is 11.5. The first kappa shape index (κ1) is 23.0.